The Labute approximate surface area is 141 Å². The molecule has 2 aromatic rings. The van der Waals surface area contributed by atoms with Gasteiger partial charge in [0.05, 0.1) is 11.1 Å². The van der Waals surface area contributed by atoms with E-state index in [0.29, 0.717) is 16.3 Å². The third kappa shape index (κ3) is 3.11. The third-order valence-corrected chi connectivity index (χ3v) is 4.47. The number of carbonyl (C=O) groups is 3. The lowest BCUT2D eigenvalue weighted by Gasteiger charge is -2.14. The number of aromatic nitrogens is 2. The number of hydrogen-bond donors (Lipinski definition) is 2. The van der Waals surface area contributed by atoms with Crippen LogP contribution in [0, 0.1) is 0 Å². The summed E-state index contributed by atoms with van der Waals surface area (Å²) >= 11 is 1.30. The molecule has 2 N–H and O–H groups in total. The molecular formula is C15H15N5O3S. The van der Waals surface area contributed by atoms with Crippen molar-refractivity contribution >= 4 is 34.3 Å². The molecule has 0 aliphatic carbocycles. The van der Waals surface area contributed by atoms with Crippen LogP contribution in [0.5, 0.6) is 0 Å². The first-order valence-electron chi connectivity index (χ1n) is 7.42. The second kappa shape index (κ2) is 6.75. The molecule has 3 rings (SSSR count). The maximum absolute atomic E-state index is 12.2. The molecule has 0 bridgehead atoms. The second-order valence-corrected chi connectivity index (χ2v) is 6.11. The Kier molecular flexibility index (Phi) is 4.52. The van der Waals surface area contributed by atoms with Gasteiger partial charge in [0.2, 0.25) is 5.13 Å². The van der Waals surface area contributed by atoms with Crippen molar-refractivity contribution in [3.8, 4) is 0 Å². The predicted molar refractivity (Wildman–Crippen MR) is 88.1 cm³/mol. The summed E-state index contributed by atoms with van der Waals surface area (Å²) in [7, 11) is 0. The summed E-state index contributed by atoms with van der Waals surface area (Å²) in [4.78, 5) is 37.3. The molecule has 1 aromatic carbocycles. The maximum atomic E-state index is 12.2. The van der Waals surface area contributed by atoms with Gasteiger partial charge < -0.3 is 5.32 Å². The van der Waals surface area contributed by atoms with E-state index < -0.39 is 6.03 Å². The van der Waals surface area contributed by atoms with Crippen LogP contribution in [0.3, 0.4) is 0 Å². The lowest BCUT2D eigenvalue weighted by molar-refractivity contribution is 0.0656. The monoisotopic (exact) mass is 345 g/mol. The number of aryl methyl sites for hydroxylation is 1. The summed E-state index contributed by atoms with van der Waals surface area (Å²) < 4.78 is 0. The average molecular weight is 345 g/mol. The number of benzene rings is 1. The van der Waals surface area contributed by atoms with Crippen molar-refractivity contribution in [2.24, 2.45) is 0 Å². The van der Waals surface area contributed by atoms with Crippen LogP contribution >= 0.6 is 11.3 Å². The molecule has 1 aromatic heterocycles. The van der Waals surface area contributed by atoms with Gasteiger partial charge in [-0.15, -0.1) is 10.2 Å². The van der Waals surface area contributed by atoms with Crippen molar-refractivity contribution < 1.29 is 14.4 Å². The number of nitrogens with one attached hydrogen (secondary N) is 2. The lowest BCUT2D eigenvalue weighted by atomic mass is 10.1. The van der Waals surface area contributed by atoms with E-state index >= 15 is 0 Å². The zero-order valence-electron chi connectivity index (χ0n) is 12.9. The first-order chi connectivity index (χ1) is 11.6. The van der Waals surface area contributed by atoms with Gasteiger partial charge in [-0.2, -0.15) is 0 Å². The van der Waals surface area contributed by atoms with Crippen LogP contribution in [-0.4, -0.2) is 46.0 Å². The summed E-state index contributed by atoms with van der Waals surface area (Å²) in [5, 5.41) is 14.1. The molecule has 0 atom stereocenters. The number of hydrogen-bond acceptors (Lipinski definition) is 6. The Morgan fingerprint density at radius 1 is 1.17 bits per heavy atom. The van der Waals surface area contributed by atoms with Gasteiger partial charge >= 0.3 is 6.03 Å². The summed E-state index contributed by atoms with van der Waals surface area (Å²) in [6.45, 7) is 2.21. The maximum Gasteiger partial charge on any atom is 0.321 e. The normalized spacial score (nSPS) is 13.1. The number of fused-ring (bicyclic) bond motifs is 1. The number of anilines is 1. The molecule has 0 fully saturated rings. The Bertz CT molecular complexity index is 769. The van der Waals surface area contributed by atoms with Crippen LogP contribution in [0.15, 0.2) is 24.3 Å². The minimum Gasteiger partial charge on any atom is -0.336 e. The van der Waals surface area contributed by atoms with Gasteiger partial charge in [-0.1, -0.05) is 30.4 Å². The van der Waals surface area contributed by atoms with Gasteiger partial charge in [0.1, 0.15) is 5.01 Å². The first kappa shape index (κ1) is 16.1. The average Bonchev–Trinajstić information content (AvgIpc) is 3.13. The molecule has 0 spiro atoms. The fourth-order valence-electron chi connectivity index (χ4n) is 2.31. The van der Waals surface area contributed by atoms with Crippen LogP contribution in [0.2, 0.25) is 0 Å². The minimum atomic E-state index is -0.453. The lowest BCUT2D eigenvalue weighted by Crippen LogP contribution is -2.39. The molecule has 24 heavy (non-hydrogen) atoms. The van der Waals surface area contributed by atoms with Gasteiger partial charge in [0, 0.05) is 13.1 Å². The highest BCUT2D eigenvalue weighted by Crippen LogP contribution is 2.21. The van der Waals surface area contributed by atoms with Crippen LogP contribution in [0.25, 0.3) is 0 Å². The molecule has 2 heterocycles. The molecule has 8 nitrogen and oxygen atoms in total. The number of urea groups is 1. The van der Waals surface area contributed by atoms with Gasteiger partial charge in [0.25, 0.3) is 11.8 Å². The van der Waals surface area contributed by atoms with E-state index in [2.05, 4.69) is 20.8 Å². The van der Waals surface area contributed by atoms with Crippen LogP contribution in [-0.2, 0) is 6.42 Å². The van der Waals surface area contributed by atoms with E-state index in [1.807, 2.05) is 6.92 Å². The van der Waals surface area contributed by atoms with Crippen molar-refractivity contribution in [2.75, 3.05) is 18.4 Å². The smallest absolute Gasteiger partial charge is 0.321 e. The predicted octanol–water partition coefficient (Wildman–Crippen LogP) is 1.52. The number of imide groups is 1. The zero-order valence-corrected chi connectivity index (χ0v) is 13.7. The molecular weight excluding hydrogens is 330 g/mol. The standard InChI is InChI=1S/C15H15N5O3S/c1-2-11-18-19-15(24-11)17-14(23)16-7-8-20-12(21)9-5-3-4-6-10(9)13(20)22/h3-6H,2,7-8H2,1H3,(H2,16,17,19,23). The first-order valence-corrected chi connectivity index (χ1v) is 8.24. The molecule has 4 amide bonds. The summed E-state index contributed by atoms with van der Waals surface area (Å²) in [6.07, 6.45) is 0.751. The van der Waals surface area contributed by atoms with Crippen LogP contribution in [0.4, 0.5) is 9.93 Å². The molecule has 1 aliphatic rings. The molecule has 0 saturated heterocycles. The number of rotatable bonds is 5. The number of carbonyl (C=O) groups excluding carboxylic acids is 3. The summed E-state index contributed by atoms with van der Waals surface area (Å²) in [6, 6.07) is 6.22. The highest BCUT2D eigenvalue weighted by Gasteiger charge is 2.34. The SMILES string of the molecule is CCc1nnc(NC(=O)NCCN2C(=O)c3ccccc3C2=O)s1. The number of nitrogens with zero attached hydrogens (tertiary/aromatic N) is 3. The Hall–Kier alpha value is -2.81. The van der Waals surface area contributed by atoms with Gasteiger partial charge in [0.15, 0.2) is 0 Å². The number of amides is 4. The van der Waals surface area contributed by atoms with Crippen molar-refractivity contribution in [3.05, 3.63) is 40.4 Å². The van der Waals surface area contributed by atoms with E-state index in [4.69, 9.17) is 0 Å². The highest BCUT2D eigenvalue weighted by molar-refractivity contribution is 7.15. The van der Waals surface area contributed by atoms with E-state index in [-0.39, 0.29) is 24.9 Å². The summed E-state index contributed by atoms with van der Waals surface area (Å²) in [5.41, 5.74) is 0.792. The van der Waals surface area contributed by atoms with E-state index in [9.17, 15) is 14.4 Å². The van der Waals surface area contributed by atoms with Crippen molar-refractivity contribution in [2.45, 2.75) is 13.3 Å². The molecule has 1 aliphatic heterocycles. The van der Waals surface area contributed by atoms with Crippen LogP contribution < -0.4 is 10.6 Å². The molecule has 0 unspecified atom stereocenters. The largest absolute Gasteiger partial charge is 0.336 e. The van der Waals surface area contributed by atoms with Crippen molar-refractivity contribution in [1.29, 1.82) is 0 Å². The fraction of sp³-hybridized carbons (Fsp3) is 0.267. The molecule has 0 saturated carbocycles. The van der Waals surface area contributed by atoms with Gasteiger partial charge in [-0.25, -0.2) is 4.79 Å². The van der Waals surface area contributed by atoms with E-state index in [1.54, 1.807) is 24.3 Å². The van der Waals surface area contributed by atoms with Gasteiger partial charge in [-0.3, -0.25) is 19.8 Å². The minimum absolute atomic E-state index is 0.107. The Morgan fingerprint density at radius 3 is 2.42 bits per heavy atom. The van der Waals surface area contributed by atoms with Crippen molar-refractivity contribution in [3.63, 3.8) is 0 Å². The second-order valence-electron chi connectivity index (χ2n) is 5.04. The molecule has 9 heteroatoms. The van der Waals surface area contributed by atoms with Crippen LogP contribution in [0.1, 0.15) is 32.6 Å². The van der Waals surface area contributed by atoms with Gasteiger partial charge in [-0.05, 0) is 18.6 Å². The molecule has 0 radical (unpaired) electrons. The van der Waals surface area contributed by atoms with Crippen molar-refractivity contribution in [1.82, 2.24) is 20.4 Å². The quantitative estimate of drug-likeness (QED) is 0.800. The Balaban J connectivity index is 1.51. The highest BCUT2D eigenvalue weighted by atomic mass is 32.1. The topological polar surface area (TPSA) is 104 Å². The van der Waals surface area contributed by atoms with E-state index in [1.165, 1.54) is 11.3 Å². The van der Waals surface area contributed by atoms with E-state index in [0.717, 1.165) is 16.3 Å². The third-order valence-electron chi connectivity index (χ3n) is 3.49. The molecule has 124 valence electrons. The zero-order chi connectivity index (χ0) is 17.1. The summed E-state index contributed by atoms with van der Waals surface area (Å²) in [5.74, 6) is -0.677. The fourth-order valence-corrected chi connectivity index (χ4v) is 2.99. The Morgan fingerprint density at radius 2 is 1.83 bits per heavy atom.